The maximum Gasteiger partial charge on any atom is 0.0352 e. The van der Waals surface area contributed by atoms with Crippen molar-refractivity contribution in [3.8, 4) is 11.1 Å². The van der Waals surface area contributed by atoms with Gasteiger partial charge in [-0.25, -0.2) is 0 Å². The highest BCUT2D eigenvalue weighted by Gasteiger charge is 2.07. The summed E-state index contributed by atoms with van der Waals surface area (Å²) in [6.07, 6.45) is 4.80. The summed E-state index contributed by atoms with van der Waals surface area (Å²) in [5, 5.41) is 0. The van der Waals surface area contributed by atoms with Crippen molar-refractivity contribution in [1.29, 1.82) is 0 Å². The highest BCUT2D eigenvalue weighted by atomic mass is 14.6. The van der Waals surface area contributed by atoms with Crippen LogP contribution in [-0.4, -0.2) is 0 Å². The fraction of sp³-hybridized carbons (Fsp3) is 0.294. The van der Waals surface area contributed by atoms with Gasteiger partial charge < -0.3 is 5.73 Å². The third-order valence-electron chi connectivity index (χ3n) is 3.33. The van der Waals surface area contributed by atoms with E-state index in [9.17, 15) is 0 Å². The summed E-state index contributed by atoms with van der Waals surface area (Å²) in [4.78, 5) is 0. The third-order valence-corrected chi connectivity index (χ3v) is 3.33. The summed E-state index contributed by atoms with van der Waals surface area (Å²) in [6.45, 7) is 2.23. The highest BCUT2D eigenvalue weighted by Crippen LogP contribution is 2.29. The molecule has 2 rings (SSSR count). The zero-order chi connectivity index (χ0) is 12.8. The van der Waals surface area contributed by atoms with E-state index < -0.39 is 0 Å². The van der Waals surface area contributed by atoms with Gasteiger partial charge in [-0.05, 0) is 35.6 Å². The zero-order valence-corrected chi connectivity index (χ0v) is 11.0. The van der Waals surface area contributed by atoms with Crippen LogP contribution in [0.25, 0.3) is 11.1 Å². The highest BCUT2D eigenvalue weighted by molar-refractivity contribution is 5.73. The van der Waals surface area contributed by atoms with E-state index in [0.717, 1.165) is 12.1 Å². The predicted molar refractivity (Wildman–Crippen MR) is 79.5 cm³/mol. The Morgan fingerprint density at radius 3 is 2.39 bits per heavy atom. The van der Waals surface area contributed by atoms with Crippen LogP contribution in [0, 0.1) is 0 Å². The molecule has 1 nitrogen and oxygen atoms in total. The fourth-order valence-corrected chi connectivity index (χ4v) is 2.32. The van der Waals surface area contributed by atoms with Crippen molar-refractivity contribution >= 4 is 5.69 Å². The van der Waals surface area contributed by atoms with E-state index in [1.807, 2.05) is 18.2 Å². The molecule has 0 aliphatic rings. The number of nitrogen functional groups attached to an aromatic ring is 1. The SMILES string of the molecule is CCCCCc1c(N)cccc1-c1ccccc1. The summed E-state index contributed by atoms with van der Waals surface area (Å²) in [7, 11) is 0. The average molecular weight is 239 g/mol. The van der Waals surface area contributed by atoms with Crippen molar-refractivity contribution in [1.82, 2.24) is 0 Å². The first-order chi connectivity index (χ1) is 8.83. The van der Waals surface area contributed by atoms with Crippen molar-refractivity contribution in [2.75, 3.05) is 5.73 Å². The minimum Gasteiger partial charge on any atom is -0.398 e. The maximum absolute atomic E-state index is 6.14. The van der Waals surface area contributed by atoms with Crippen LogP contribution in [0.3, 0.4) is 0 Å². The van der Waals surface area contributed by atoms with Crippen LogP contribution >= 0.6 is 0 Å². The molecule has 1 heteroatoms. The Morgan fingerprint density at radius 2 is 1.67 bits per heavy atom. The molecule has 2 aromatic carbocycles. The zero-order valence-electron chi connectivity index (χ0n) is 11.0. The number of nitrogens with two attached hydrogens (primary N) is 1. The molecule has 2 N–H and O–H groups in total. The van der Waals surface area contributed by atoms with Crippen LogP contribution in [0.1, 0.15) is 31.7 Å². The second-order valence-electron chi connectivity index (χ2n) is 4.70. The van der Waals surface area contributed by atoms with Crippen LogP contribution in [0.5, 0.6) is 0 Å². The van der Waals surface area contributed by atoms with E-state index in [-0.39, 0.29) is 0 Å². The second-order valence-corrected chi connectivity index (χ2v) is 4.70. The molecule has 0 aromatic heterocycles. The minimum absolute atomic E-state index is 0.924. The van der Waals surface area contributed by atoms with Gasteiger partial charge in [0.15, 0.2) is 0 Å². The Balaban J connectivity index is 2.32. The van der Waals surface area contributed by atoms with E-state index in [1.165, 1.54) is 36.0 Å². The van der Waals surface area contributed by atoms with E-state index >= 15 is 0 Å². The van der Waals surface area contributed by atoms with E-state index in [1.54, 1.807) is 0 Å². The van der Waals surface area contributed by atoms with Gasteiger partial charge in [-0.1, -0.05) is 62.2 Å². The van der Waals surface area contributed by atoms with Gasteiger partial charge in [-0.2, -0.15) is 0 Å². The molecule has 0 amide bonds. The van der Waals surface area contributed by atoms with Crippen molar-refractivity contribution in [2.24, 2.45) is 0 Å². The number of hydrogen-bond donors (Lipinski definition) is 1. The molecule has 0 fully saturated rings. The van der Waals surface area contributed by atoms with Crippen molar-refractivity contribution in [3.63, 3.8) is 0 Å². The smallest absolute Gasteiger partial charge is 0.0352 e. The average Bonchev–Trinajstić information content (AvgIpc) is 2.42. The van der Waals surface area contributed by atoms with Crippen molar-refractivity contribution in [3.05, 3.63) is 54.1 Å². The summed E-state index contributed by atoms with van der Waals surface area (Å²) in [5.74, 6) is 0. The lowest BCUT2D eigenvalue weighted by Gasteiger charge is -2.12. The topological polar surface area (TPSA) is 26.0 Å². The first-order valence-electron chi connectivity index (χ1n) is 6.75. The molecule has 18 heavy (non-hydrogen) atoms. The van der Waals surface area contributed by atoms with Gasteiger partial charge in [-0.15, -0.1) is 0 Å². The molecule has 0 atom stereocenters. The van der Waals surface area contributed by atoms with E-state index in [0.29, 0.717) is 0 Å². The van der Waals surface area contributed by atoms with Crippen LogP contribution in [0.15, 0.2) is 48.5 Å². The van der Waals surface area contributed by atoms with E-state index in [4.69, 9.17) is 5.73 Å². The molecule has 0 heterocycles. The lowest BCUT2D eigenvalue weighted by atomic mass is 9.94. The van der Waals surface area contributed by atoms with Gasteiger partial charge in [0, 0.05) is 5.69 Å². The molecular weight excluding hydrogens is 218 g/mol. The molecule has 0 saturated carbocycles. The van der Waals surface area contributed by atoms with E-state index in [2.05, 4.69) is 37.3 Å². The van der Waals surface area contributed by atoms with Crippen molar-refractivity contribution in [2.45, 2.75) is 32.6 Å². The Kier molecular flexibility index (Phi) is 4.40. The molecule has 94 valence electrons. The molecule has 0 bridgehead atoms. The van der Waals surface area contributed by atoms with Gasteiger partial charge in [0.2, 0.25) is 0 Å². The van der Waals surface area contributed by atoms with Crippen LogP contribution < -0.4 is 5.73 Å². The Labute approximate surface area is 110 Å². The lowest BCUT2D eigenvalue weighted by Crippen LogP contribution is -1.97. The molecule has 0 saturated heterocycles. The van der Waals surface area contributed by atoms with Gasteiger partial charge in [-0.3, -0.25) is 0 Å². The van der Waals surface area contributed by atoms with Gasteiger partial charge in [0.25, 0.3) is 0 Å². The summed E-state index contributed by atoms with van der Waals surface area (Å²) >= 11 is 0. The number of unbranched alkanes of at least 4 members (excludes halogenated alkanes) is 2. The van der Waals surface area contributed by atoms with Crippen molar-refractivity contribution < 1.29 is 0 Å². The van der Waals surface area contributed by atoms with Crippen LogP contribution in [0.2, 0.25) is 0 Å². The summed E-state index contributed by atoms with van der Waals surface area (Å²) < 4.78 is 0. The third kappa shape index (κ3) is 2.92. The van der Waals surface area contributed by atoms with Crippen LogP contribution in [-0.2, 0) is 6.42 Å². The largest absolute Gasteiger partial charge is 0.398 e. The Morgan fingerprint density at radius 1 is 0.889 bits per heavy atom. The molecule has 0 spiro atoms. The van der Waals surface area contributed by atoms with Gasteiger partial charge >= 0.3 is 0 Å². The fourth-order valence-electron chi connectivity index (χ4n) is 2.32. The number of hydrogen-bond acceptors (Lipinski definition) is 1. The number of rotatable bonds is 5. The Hall–Kier alpha value is -1.76. The maximum atomic E-state index is 6.14. The molecule has 0 unspecified atom stereocenters. The monoisotopic (exact) mass is 239 g/mol. The number of anilines is 1. The quantitative estimate of drug-likeness (QED) is 0.595. The molecule has 0 aliphatic carbocycles. The predicted octanol–water partition coefficient (Wildman–Crippen LogP) is 4.67. The lowest BCUT2D eigenvalue weighted by molar-refractivity contribution is 0.719. The number of benzene rings is 2. The summed E-state index contributed by atoms with van der Waals surface area (Å²) in [6, 6.07) is 16.7. The van der Waals surface area contributed by atoms with Gasteiger partial charge in [0.05, 0.1) is 0 Å². The van der Waals surface area contributed by atoms with Crippen LogP contribution in [0.4, 0.5) is 5.69 Å². The van der Waals surface area contributed by atoms with Gasteiger partial charge in [0.1, 0.15) is 0 Å². The Bertz CT molecular complexity index is 488. The standard InChI is InChI=1S/C17H21N/c1-2-3-5-11-16-15(12-8-13-17(16)18)14-9-6-4-7-10-14/h4,6-10,12-13H,2-3,5,11,18H2,1H3. The second kappa shape index (κ2) is 6.25. The molecule has 0 radical (unpaired) electrons. The molecular formula is C17H21N. The normalized spacial score (nSPS) is 10.5. The molecule has 0 aliphatic heterocycles. The minimum atomic E-state index is 0.924. The first-order valence-corrected chi connectivity index (χ1v) is 6.75. The first kappa shape index (κ1) is 12.7. The summed E-state index contributed by atoms with van der Waals surface area (Å²) in [5.41, 5.74) is 10.9. The molecule has 2 aromatic rings.